The molecular weight excluding hydrogens is 346 g/mol. The Bertz CT molecular complexity index is 1170. The largest absolute Gasteiger partial charge is 0.484 e. The van der Waals surface area contributed by atoms with Gasteiger partial charge in [0.05, 0.1) is 5.41 Å². The van der Waals surface area contributed by atoms with Crippen LogP contribution in [0.4, 0.5) is 0 Å². The molecule has 4 aromatic rings. The van der Waals surface area contributed by atoms with Crippen LogP contribution < -0.4 is 9.05 Å². The molecule has 1 heterocycles. The van der Waals surface area contributed by atoms with Gasteiger partial charge in [0.25, 0.3) is 0 Å². The van der Waals surface area contributed by atoms with Crippen molar-refractivity contribution in [1.82, 2.24) is 0 Å². The van der Waals surface area contributed by atoms with E-state index in [0.717, 1.165) is 14.8 Å². The average Bonchev–Trinajstić information content (AvgIpc) is 3.26. The van der Waals surface area contributed by atoms with Crippen molar-refractivity contribution >= 4 is 41.6 Å². The van der Waals surface area contributed by atoms with Crippen LogP contribution in [0.1, 0.15) is 22.3 Å². The lowest BCUT2D eigenvalue weighted by Gasteiger charge is -2.30. The number of benzene rings is 3. The van der Waals surface area contributed by atoms with Gasteiger partial charge < -0.3 is 4.42 Å². The lowest BCUT2D eigenvalue weighted by molar-refractivity contribution is 0.616. The zero-order valence-electron chi connectivity index (χ0n) is 14.0. The topological polar surface area (TPSA) is 13.1 Å². The SMILES string of the molecule is [Al][c]1oc2c([c]1[Al])C1(c3ccccc3-c3ccccc31)c1ccccc1-2. The van der Waals surface area contributed by atoms with Crippen LogP contribution in [0.15, 0.2) is 77.2 Å². The summed E-state index contributed by atoms with van der Waals surface area (Å²) in [5.41, 5.74) is 8.83. The van der Waals surface area contributed by atoms with E-state index in [4.69, 9.17) is 4.42 Å². The van der Waals surface area contributed by atoms with Crippen molar-refractivity contribution in [3.8, 4) is 22.5 Å². The Labute approximate surface area is 168 Å². The Morgan fingerprint density at radius 1 is 0.615 bits per heavy atom. The fraction of sp³-hybridized carbons (Fsp3) is 0.0435. The van der Waals surface area contributed by atoms with Crippen molar-refractivity contribution in [2.45, 2.75) is 5.41 Å². The predicted molar refractivity (Wildman–Crippen MR) is 106 cm³/mol. The zero-order valence-corrected chi connectivity index (χ0v) is 16.3. The molecule has 0 fully saturated rings. The highest BCUT2D eigenvalue weighted by molar-refractivity contribution is 6.48. The van der Waals surface area contributed by atoms with Crippen molar-refractivity contribution in [1.29, 1.82) is 0 Å². The third kappa shape index (κ3) is 1.56. The van der Waals surface area contributed by atoms with Crippen LogP contribution in [0.25, 0.3) is 22.5 Å². The van der Waals surface area contributed by atoms with Gasteiger partial charge in [-0.2, -0.15) is 0 Å². The molecule has 116 valence electrons. The molecule has 0 atom stereocenters. The van der Waals surface area contributed by atoms with Crippen molar-refractivity contribution in [3.05, 3.63) is 95.1 Å². The number of hydrogen-bond donors (Lipinski definition) is 0. The van der Waals surface area contributed by atoms with Gasteiger partial charge in [0.15, 0.2) is 16.3 Å². The molecule has 0 bridgehead atoms. The van der Waals surface area contributed by atoms with E-state index in [1.807, 2.05) is 0 Å². The highest BCUT2D eigenvalue weighted by Gasteiger charge is 2.53. The molecule has 2 aliphatic rings. The molecule has 0 saturated heterocycles. The highest BCUT2D eigenvalue weighted by atomic mass is 27.1. The second-order valence-electron chi connectivity index (χ2n) is 6.97. The van der Waals surface area contributed by atoms with Crippen LogP contribution in [-0.2, 0) is 5.41 Å². The van der Waals surface area contributed by atoms with Gasteiger partial charge in [-0.05, 0) is 32.4 Å². The van der Waals surface area contributed by atoms with Crippen molar-refractivity contribution < 1.29 is 4.42 Å². The van der Waals surface area contributed by atoms with Gasteiger partial charge >= 0.3 is 0 Å². The maximum absolute atomic E-state index is 6.24. The summed E-state index contributed by atoms with van der Waals surface area (Å²) >= 11 is 5.67. The number of furan rings is 1. The molecule has 1 aromatic heterocycles. The second-order valence-corrected chi connectivity index (χ2v) is 8.07. The number of fused-ring (bicyclic) bond motifs is 10. The Kier molecular flexibility index (Phi) is 2.93. The molecule has 0 amide bonds. The van der Waals surface area contributed by atoms with Crippen LogP contribution in [0.3, 0.4) is 0 Å². The molecule has 3 heteroatoms. The Morgan fingerprint density at radius 3 is 1.65 bits per heavy atom. The van der Waals surface area contributed by atoms with Crippen LogP contribution >= 0.6 is 0 Å². The minimum Gasteiger partial charge on any atom is -0.484 e. The fourth-order valence-corrected chi connectivity index (χ4v) is 5.63. The first kappa shape index (κ1) is 15.1. The lowest BCUT2D eigenvalue weighted by Crippen LogP contribution is -2.35. The van der Waals surface area contributed by atoms with Crippen molar-refractivity contribution in [2.24, 2.45) is 0 Å². The van der Waals surface area contributed by atoms with Crippen molar-refractivity contribution in [2.75, 3.05) is 0 Å². The van der Waals surface area contributed by atoms with Gasteiger partial charge in [-0.3, -0.25) is 0 Å². The van der Waals surface area contributed by atoms with Crippen LogP contribution in [0.5, 0.6) is 0 Å². The first-order valence-electron chi connectivity index (χ1n) is 8.72. The molecule has 0 aliphatic heterocycles. The third-order valence-electron chi connectivity index (χ3n) is 5.88. The summed E-state index contributed by atoms with van der Waals surface area (Å²) in [6.07, 6.45) is 0. The van der Waals surface area contributed by atoms with E-state index >= 15 is 0 Å². The summed E-state index contributed by atoms with van der Waals surface area (Å²) in [5, 5.41) is 0. The second kappa shape index (κ2) is 5.04. The van der Waals surface area contributed by atoms with Gasteiger partial charge in [0.2, 0.25) is 16.3 Å². The monoisotopic (exact) mass is 358 g/mol. The van der Waals surface area contributed by atoms with E-state index in [9.17, 15) is 0 Å². The molecule has 0 saturated carbocycles. The van der Waals surface area contributed by atoms with Crippen LogP contribution in [-0.4, -0.2) is 32.6 Å². The van der Waals surface area contributed by atoms with Gasteiger partial charge in [-0.25, -0.2) is 0 Å². The van der Waals surface area contributed by atoms with E-state index in [1.165, 1.54) is 38.9 Å². The molecule has 0 unspecified atom stereocenters. The summed E-state index contributed by atoms with van der Waals surface area (Å²) in [7, 11) is 0. The van der Waals surface area contributed by atoms with E-state index in [0.29, 0.717) is 0 Å². The van der Waals surface area contributed by atoms with Gasteiger partial charge in [-0.1, -0.05) is 72.8 Å². The molecular formula is C23H12Al2O. The maximum atomic E-state index is 6.24. The zero-order chi connectivity index (χ0) is 17.5. The molecule has 1 nitrogen and oxygen atoms in total. The maximum Gasteiger partial charge on any atom is 0.239 e. The molecule has 3 aromatic carbocycles. The van der Waals surface area contributed by atoms with E-state index in [2.05, 4.69) is 105 Å². The van der Waals surface area contributed by atoms with Gasteiger partial charge in [0, 0.05) is 11.1 Å². The average molecular weight is 358 g/mol. The summed E-state index contributed by atoms with van der Waals surface area (Å²) in [5.74, 6) is 1.00. The summed E-state index contributed by atoms with van der Waals surface area (Å²) in [6, 6.07) is 26.3. The fourth-order valence-electron chi connectivity index (χ4n) is 4.96. The van der Waals surface area contributed by atoms with Gasteiger partial charge in [-0.15, -0.1) is 4.43 Å². The summed E-state index contributed by atoms with van der Waals surface area (Å²) in [4.78, 5) is 0. The van der Waals surface area contributed by atoms with Crippen LogP contribution in [0, 0.1) is 0 Å². The Morgan fingerprint density at radius 2 is 1.08 bits per heavy atom. The standard InChI is InChI=1S/C23H12O.2Al/c1-4-10-18-15(7-1)16-8-2-5-11-19(16)23(18)20-12-6-3-9-17(20)22-21(23)13-14-24-22;;/h1-12H;;. The first-order chi connectivity index (χ1) is 12.7. The summed E-state index contributed by atoms with van der Waals surface area (Å²) in [6.45, 7) is 0. The normalized spacial score (nSPS) is 14.8. The third-order valence-corrected chi connectivity index (χ3v) is 7.21. The molecule has 26 heavy (non-hydrogen) atoms. The molecule has 4 radical (unpaired) electrons. The summed E-state index contributed by atoms with van der Waals surface area (Å²) < 4.78 is 8.29. The number of hydrogen-bond acceptors (Lipinski definition) is 1. The van der Waals surface area contributed by atoms with Crippen molar-refractivity contribution in [3.63, 3.8) is 0 Å². The number of rotatable bonds is 0. The first-order valence-corrected chi connectivity index (χ1v) is 9.87. The van der Waals surface area contributed by atoms with Gasteiger partial charge in [0.1, 0.15) is 5.76 Å². The molecule has 1 spiro atoms. The minimum atomic E-state index is -0.297. The predicted octanol–water partition coefficient (Wildman–Crippen LogP) is 3.21. The lowest BCUT2D eigenvalue weighted by atomic mass is 9.71. The quantitative estimate of drug-likeness (QED) is 0.380. The molecule has 0 N–H and O–H groups in total. The smallest absolute Gasteiger partial charge is 0.239 e. The van der Waals surface area contributed by atoms with Crippen LogP contribution in [0.2, 0.25) is 0 Å². The Balaban J connectivity index is 1.90. The van der Waals surface area contributed by atoms with E-state index < -0.39 is 0 Å². The minimum absolute atomic E-state index is 0.297. The van der Waals surface area contributed by atoms with E-state index in [-0.39, 0.29) is 5.41 Å². The van der Waals surface area contributed by atoms with E-state index in [1.54, 1.807) is 0 Å². The highest BCUT2D eigenvalue weighted by Crippen LogP contribution is 2.62. The Hall–Kier alpha value is -2.00. The molecule has 6 rings (SSSR count). The molecule has 2 aliphatic carbocycles.